The predicted molar refractivity (Wildman–Crippen MR) is 98.2 cm³/mol. The lowest BCUT2D eigenvalue weighted by Gasteiger charge is -2.43. The summed E-state index contributed by atoms with van der Waals surface area (Å²) in [6.07, 6.45) is 5.17. The molecule has 0 unspecified atom stereocenters. The quantitative estimate of drug-likeness (QED) is 0.816. The minimum atomic E-state index is -0.407. The molecule has 2 aliphatic rings. The van der Waals surface area contributed by atoms with Crippen LogP contribution in [0.5, 0.6) is 0 Å². The first-order valence-electron chi connectivity index (χ1n) is 8.87. The van der Waals surface area contributed by atoms with E-state index in [0.717, 1.165) is 42.4 Å². The molecule has 4 rings (SSSR count). The molecule has 2 aromatic rings. The highest BCUT2D eigenvalue weighted by molar-refractivity contribution is 6.06. The van der Waals surface area contributed by atoms with Crippen LogP contribution in [0, 0.1) is 18.3 Å². The van der Waals surface area contributed by atoms with Gasteiger partial charge >= 0.3 is 0 Å². The van der Waals surface area contributed by atoms with Crippen molar-refractivity contribution in [1.29, 1.82) is 5.26 Å². The summed E-state index contributed by atoms with van der Waals surface area (Å²) in [6, 6.07) is 14.2. The molecule has 1 spiro atoms. The van der Waals surface area contributed by atoms with Gasteiger partial charge in [-0.15, -0.1) is 0 Å². The van der Waals surface area contributed by atoms with Crippen LogP contribution in [0.1, 0.15) is 53.6 Å². The fourth-order valence-electron chi connectivity index (χ4n) is 4.15. The van der Waals surface area contributed by atoms with Crippen molar-refractivity contribution in [1.82, 2.24) is 5.32 Å². The zero-order valence-corrected chi connectivity index (χ0v) is 14.4. The molecule has 2 N–H and O–H groups in total. The number of nitrogens with zero attached hydrogens (tertiary/aromatic N) is 1. The topological polar surface area (TPSA) is 64.9 Å². The molecule has 1 amide bonds. The lowest BCUT2D eigenvalue weighted by molar-refractivity contribution is 0.0875. The summed E-state index contributed by atoms with van der Waals surface area (Å²) in [4.78, 5) is 12.8. The maximum absolute atomic E-state index is 12.8. The first kappa shape index (κ1) is 15.7. The molecule has 1 heterocycles. The molecule has 0 atom stereocenters. The first-order chi connectivity index (χ1) is 12.1. The van der Waals surface area contributed by atoms with Gasteiger partial charge in [0.25, 0.3) is 5.91 Å². The average Bonchev–Trinajstić information content (AvgIpc) is 2.62. The number of hydrogen-bond donors (Lipinski definition) is 2. The molecule has 0 bridgehead atoms. The summed E-state index contributed by atoms with van der Waals surface area (Å²) in [5.41, 5.74) is 4.23. The minimum Gasteiger partial charge on any atom is -0.361 e. The molecule has 1 fully saturated rings. The summed E-state index contributed by atoms with van der Waals surface area (Å²) in [6.45, 7) is 1.94. The zero-order valence-electron chi connectivity index (χ0n) is 14.4. The monoisotopic (exact) mass is 331 g/mol. The summed E-state index contributed by atoms with van der Waals surface area (Å²) < 4.78 is 0. The number of fused-ring (bicyclic) bond motifs is 1. The van der Waals surface area contributed by atoms with Crippen LogP contribution in [0.3, 0.4) is 0 Å². The number of nitrogens with one attached hydrogen (secondary N) is 2. The van der Waals surface area contributed by atoms with Gasteiger partial charge in [-0.3, -0.25) is 4.79 Å². The maximum Gasteiger partial charge on any atom is 0.255 e. The molecule has 0 aromatic heterocycles. The molecule has 1 saturated carbocycles. The van der Waals surface area contributed by atoms with Crippen molar-refractivity contribution in [2.75, 3.05) is 5.32 Å². The van der Waals surface area contributed by atoms with Gasteiger partial charge in [0.05, 0.1) is 16.8 Å². The second-order valence-electron chi connectivity index (χ2n) is 7.07. The number of nitriles is 1. The van der Waals surface area contributed by atoms with Gasteiger partial charge in [0.2, 0.25) is 0 Å². The molecular weight excluding hydrogens is 310 g/mol. The molecule has 0 radical (unpaired) electrons. The third kappa shape index (κ3) is 2.56. The Balaban J connectivity index is 1.91. The van der Waals surface area contributed by atoms with E-state index in [4.69, 9.17) is 0 Å². The molecule has 126 valence electrons. The SMILES string of the molecule is Cc1cc(-c2ccccc2)c(C#N)c2c1C(=O)NC1(CCCCC1)N2. The fourth-order valence-corrected chi connectivity index (χ4v) is 4.15. The van der Waals surface area contributed by atoms with Crippen molar-refractivity contribution in [2.24, 2.45) is 0 Å². The van der Waals surface area contributed by atoms with E-state index in [9.17, 15) is 10.1 Å². The summed E-state index contributed by atoms with van der Waals surface area (Å²) >= 11 is 0. The van der Waals surface area contributed by atoms with Gasteiger partial charge < -0.3 is 10.6 Å². The molecule has 0 saturated heterocycles. The smallest absolute Gasteiger partial charge is 0.255 e. The number of carbonyl (C=O) groups is 1. The normalized spacial score (nSPS) is 18.0. The van der Waals surface area contributed by atoms with Gasteiger partial charge in [0.1, 0.15) is 11.7 Å². The Hall–Kier alpha value is -2.80. The van der Waals surface area contributed by atoms with E-state index in [-0.39, 0.29) is 5.91 Å². The summed E-state index contributed by atoms with van der Waals surface area (Å²) in [5, 5.41) is 16.6. The average molecular weight is 331 g/mol. The van der Waals surface area contributed by atoms with Crippen molar-refractivity contribution < 1.29 is 4.79 Å². The Labute approximate surface area is 147 Å². The van der Waals surface area contributed by atoms with E-state index in [0.29, 0.717) is 16.8 Å². The Morgan fingerprint density at radius 3 is 2.48 bits per heavy atom. The molecule has 4 nitrogen and oxygen atoms in total. The number of hydrogen-bond acceptors (Lipinski definition) is 3. The lowest BCUT2D eigenvalue weighted by Crippen LogP contribution is -2.58. The second kappa shape index (κ2) is 5.93. The van der Waals surface area contributed by atoms with E-state index >= 15 is 0 Å². The van der Waals surface area contributed by atoms with Crippen LogP contribution in [0.25, 0.3) is 11.1 Å². The van der Waals surface area contributed by atoms with Crippen LogP contribution >= 0.6 is 0 Å². The third-order valence-corrected chi connectivity index (χ3v) is 5.37. The number of anilines is 1. The van der Waals surface area contributed by atoms with E-state index in [1.165, 1.54) is 6.42 Å². The largest absolute Gasteiger partial charge is 0.361 e. The van der Waals surface area contributed by atoms with E-state index < -0.39 is 5.66 Å². The van der Waals surface area contributed by atoms with Crippen molar-refractivity contribution in [2.45, 2.75) is 44.7 Å². The van der Waals surface area contributed by atoms with Gasteiger partial charge in [0, 0.05) is 5.56 Å². The number of rotatable bonds is 1. The Morgan fingerprint density at radius 2 is 1.80 bits per heavy atom. The maximum atomic E-state index is 12.8. The third-order valence-electron chi connectivity index (χ3n) is 5.37. The van der Waals surface area contributed by atoms with Crippen LogP contribution in [0.2, 0.25) is 0 Å². The van der Waals surface area contributed by atoms with Crippen LogP contribution in [-0.2, 0) is 0 Å². The lowest BCUT2D eigenvalue weighted by atomic mass is 9.84. The molecular formula is C21H21N3O. The molecule has 2 aromatic carbocycles. The first-order valence-corrected chi connectivity index (χ1v) is 8.87. The number of amides is 1. The van der Waals surface area contributed by atoms with Gasteiger partial charge in [-0.2, -0.15) is 5.26 Å². The van der Waals surface area contributed by atoms with Crippen molar-refractivity contribution in [3.8, 4) is 17.2 Å². The molecule has 4 heteroatoms. The predicted octanol–water partition coefficient (Wildman–Crippen LogP) is 4.35. The van der Waals surface area contributed by atoms with Crippen molar-refractivity contribution in [3.63, 3.8) is 0 Å². The van der Waals surface area contributed by atoms with Gasteiger partial charge in [-0.05, 0) is 49.8 Å². The van der Waals surface area contributed by atoms with Gasteiger partial charge in [-0.25, -0.2) is 0 Å². The molecule has 1 aliphatic heterocycles. The highest BCUT2D eigenvalue weighted by Gasteiger charge is 2.40. The van der Waals surface area contributed by atoms with Gasteiger partial charge in [-0.1, -0.05) is 36.8 Å². The van der Waals surface area contributed by atoms with Crippen LogP contribution in [-0.4, -0.2) is 11.6 Å². The Morgan fingerprint density at radius 1 is 1.08 bits per heavy atom. The molecule has 1 aliphatic carbocycles. The highest BCUT2D eigenvalue weighted by Crippen LogP contribution is 2.40. The van der Waals surface area contributed by atoms with E-state index in [1.54, 1.807) is 0 Å². The van der Waals surface area contributed by atoms with Crippen molar-refractivity contribution >= 4 is 11.6 Å². The Kier molecular flexibility index (Phi) is 3.73. The van der Waals surface area contributed by atoms with Crippen molar-refractivity contribution in [3.05, 3.63) is 53.1 Å². The van der Waals surface area contributed by atoms with E-state index in [1.807, 2.05) is 43.3 Å². The van der Waals surface area contributed by atoms with Crippen LogP contribution in [0.15, 0.2) is 36.4 Å². The van der Waals surface area contributed by atoms with E-state index in [2.05, 4.69) is 16.7 Å². The second-order valence-corrected chi connectivity index (χ2v) is 7.07. The zero-order chi connectivity index (χ0) is 17.4. The van der Waals surface area contributed by atoms with Crippen LogP contribution < -0.4 is 10.6 Å². The standard InChI is InChI=1S/C21H21N3O/c1-14-12-16(15-8-4-2-5-9-15)17(13-22)19-18(14)20(25)24-21(23-19)10-6-3-7-11-21/h2,4-5,8-9,12,23H,3,6-7,10-11H2,1H3,(H,24,25). The Bertz CT molecular complexity index is 874. The number of benzene rings is 2. The highest BCUT2D eigenvalue weighted by atomic mass is 16.2. The number of carbonyl (C=O) groups excluding carboxylic acids is 1. The van der Waals surface area contributed by atoms with Crippen LogP contribution in [0.4, 0.5) is 5.69 Å². The molecule has 25 heavy (non-hydrogen) atoms. The summed E-state index contributed by atoms with van der Waals surface area (Å²) in [5.74, 6) is -0.0655. The number of aryl methyl sites for hydroxylation is 1. The van der Waals surface area contributed by atoms with Gasteiger partial charge in [0.15, 0.2) is 0 Å². The minimum absolute atomic E-state index is 0.0655. The summed E-state index contributed by atoms with van der Waals surface area (Å²) in [7, 11) is 0. The fraction of sp³-hybridized carbons (Fsp3) is 0.333.